The number of amides is 1. The molecule has 1 amide bonds. The summed E-state index contributed by atoms with van der Waals surface area (Å²) in [5, 5.41) is 6.26. The highest BCUT2D eigenvalue weighted by Crippen LogP contribution is 2.45. The lowest BCUT2D eigenvalue weighted by Crippen LogP contribution is -2.39. The normalized spacial score (nSPS) is 20.0. The first-order valence-corrected chi connectivity index (χ1v) is 13.1. The number of ether oxygens (including phenoxy) is 2. The highest BCUT2D eigenvalue weighted by atomic mass is 35.5. The molecule has 3 heterocycles. The Bertz CT molecular complexity index is 1050. The van der Waals surface area contributed by atoms with Gasteiger partial charge in [0.1, 0.15) is 6.61 Å². The van der Waals surface area contributed by atoms with Crippen LogP contribution in [-0.2, 0) is 19.1 Å². The summed E-state index contributed by atoms with van der Waals surface area (Å²) in [6.45, 7) is 5.93. The molecule has 0 saturated carbocycles. The van der Waals surface area contributed by atoms with Crippen molar-refractivity contribution >= 4 is 40.4 Å². The number of carbonyl (C=O) groups excluding carboxylic acids is 2. The van der Waals surface area contributed by atoms with Gasteiger partial charge in [0.2, 0.25) is 5.91 Å². The number of fused-ring (bicyclic) bond motifs is 1. The number of benzene rings is 1. The molecule has 1 fully saturated rings. The first-order valence-electron chi connectivity index (χ1n) is 11.8. The van der Waals surface area contributed by atoms with Crippen LogP contribution in [0.1, 0.15) is 37.8 Å². The van der Waals surface area contributed by atoms with Gasteiger partial charge in [-0.3, -0.25) is 4.79 Å². The molecule has 1 aromatic rings. The van der Waals surface area contributed by atoms with Gasteiger partial charge >= 0.3 is 5.97 Å². The van der Waals surface area contributed by atoms with Crippen molar-refractivity contribution in [1.82, 2.24) is 15.1 Å². The molecule has 35 heavy (non-hydrogen) atoms. The molecular weight excluding hydrogens is 488 g/mol. The number of allylic oxidation sites excluding steroid dienone is 1. The molecule has 188 valence electrons. The molecule has 1 unspecified atom stereocenters. The summed E-state index contributed by atoms with van der Waals surface area (Å²) in [5.41, 5.74) is 2.62. The first kappa shape index (κ1) is 25.8. The van der Waals surface area contributed by atoms with Gasteiger partial charge in [0.25, 0.3) is 0 Å². The number of hydrogen-bond donors (Lipinski definition) is 1. The third kappa shape index (κ3) is 6.27. The van der Waals surface area contributed by atoms with Crippen molar-refractivity contribution in [2.75, 3.05) is 46.5 Å². The van der Waals surface area contributed by atoms with Gasteiger partial charge in [0.15, 0.2) is 5.17 Å². The Kier molecular flexibility index (Phi) is 8.89. The van der Waals surface area contributed by atoms with E-state index in [0.717, 1.165) is 36.1 Å². The maximum atomic E-state index is 13.2. The highest BCUT2D eigenvalue weighted by Gasteiger charge is 2.41. The number of aliphatic imine (C=N–C) groups is 1. The van der Waals surface area contributed by atoms with Crippen molar-refractivity contribution < 1.29 is 19.1 Å². The van der Waals surface area contributed by atoms with Crippen LogP contribution in [0.4, 0.5) is 0 Å². The summed E-state index contributed by atoms with van der Waals surface area (Å²) in [4.78, 5) is 35.0. The molecule has 3 aliphatic heterocycles. The predicted molar refractivity (Wildman–Crippen MR) is 138 cm³/mol. The summed E-state index contributed by atoms with van der Waals surface area (Å²) in [7, 11) is 1.55. The molecule has 1 aromatic carbocycles. The fraction of sp³-hybridized carbons (Fsp3) is 0.480. The summed E-state index contributed by atoms with van der Waals surface area (Å²) in [6.07, 6.45) is 2.64. The number of thioether (sulfide) groups is 1. The standard InChI is InChI=1S/C25H31ClN4O4S/c1-17-22(24(32)34-13-12-33-2)23(18-6-5-7-19(26)14-18)30-20(16-35-25(30)28-17)15-21(31)27-8-11-29-9-3-4-10-29/h5-7,14,16,23H,3-4,8-13,15H2,1-2H3,(H,27,31). The van der Waals surface area contributed by atoms with Gasteiger partial charge in [-0.15, -0.1) is 0 Å². The Morgan fingerprint density at radius 1 is 1.26 bits per heavy atom. The van der Waals surface area contributed by atoms with Crippen LogP contribution in [0.5, 0.6) is 0 Å². The van der Waals surface area contributed by atoms with E-state index in [0.29, 0.717) is 29.4 Å². The van der Waals surface area contributed by atoms with E-state index >= 15 is 0 Å². The van der Waals surface area contributed by atoms with Crippen LogP contribution < -0.4 is 5.32 Å². The van der Waals surface area contributed by atoms with E-state index in [9.17, 15) is 9.59 Å². The fourth-order valence-electron chi connectivity index (χ4n) is 4.50. The Labute approximate surface area is 215 Å². The van der Waals surface area contributed by atoms with Crippen molar-refractivity contribution in [2.24, 2.45) is 4.99 Å². The fourth-order valence-corrected chi connectivity index (χ4v) is 5.67. The van der Waals surface area contributed by atoms with Crippen molar-refractivity contribution in [3.05, 3.63) is 57.2 Å². The van der Waals surface area contributed by atoms with Gasteiger partial charge in [-0.25, -0.2) is 9.79 Å². The van der Waals surface area contributed by atoms with Crippen molar-refractivity contribution in [3.8, 4) is 0 Å². The Morgan fingerprint density at radius 2 is 2.06 bits per heavy atom. The molecular formula is C25H31ClN4O4S. The average Bonchev–Trinajstić information content (AvgIpc) is 3.48. The Hall–Kier alpha value is -2.33. The second-order valence-electron chi connectivity index (χ2n) is 8.65. The molecule has 8 nitrogen and oxygen atoms in total. The van der Waals surface area contributed by atoms with Crippen molar-refractivity contribution in [3.63, 3.8) is 0 Å². The predicted octanol–water partition coefficient (Wildman–Crippen LogP) is 3.71. The number of halogens is 1. The summed E-state index contributed by atoms with van der Waals surface area (Å²) in [5.74, 6) is -0.517. The quantitative estimate of drug-likeness (QED) is 0.373. The van der Waals surface area contributed by atoms with Crippen molar-refractivity contribution in [1.29, 1.82) is 0 Å². The van der Waals surface area contributed by atoms with Crippen LogP contribution in [0.15, 0.2) is 51.6 Å². The van der Waals surface area contributed by atoms with Crippen LogP contribution >= 0.6 is 23.4 Å². The molecule has 0 spiro atoms. The zero-order valence-corrected chi connectivity index (χ0v) is 21.7. The van der Waals surface area contributed by atoms with Crippen LogP contribution in [-0.4, -0.2) is 73.3 Å². The number of likely N-dealkylation sites (tertiary alicyclic amines) is 1. The average molecular weight is 519 g/mol. The molecule has 10 heteroatoms. The molecule has 0 aromatic heterocycles. The number of carbonyl (C=O) groups is 2. The van der Waals surface area contributed by atoms with Crippen molar-refractivity contribution in [2.45, 2.75) is 32.2 Å². The molecule has 1 saturated heterocycles. The molecule has 0 radical (unpaired) electrons. The third-order valence-electron chi connectivity index (χ3n) is 6.20. The number of hydrogen-bond acceptors (Lipinski definition) is 8. The monoisotopic (exact) mass is 518 g/mol. The minimum atomic E-state index is -0.505. The van der Waals surface area contributed by atoms with E-state index in [4.69, 9.17) is 21.1 Å². The number of methoxy groups -OCH3 is 1. The second-order valence-corrected chi connectivity index (χ2v) is 9.93. The van der Waals surface area contributed by atoms with Gasteiger partial charge in [0, 0.05) is 30.9 Å². The molecule has 1 N–H and O–H groups in total. The summed E-state index contributed by atoms with van der Waals surface area (Å²) < 4.78 is 10.5. The second kappa shape index (κ2) is 12.1. The first-order chi connectivity index (χ1) is 17.0. The third-order valence-corrected chi connectivity index (χ3v) is 7.32. The number of nitrogens with zero attached hydrogens (tertiary/aromatic N) is 3. The molecule has 4 rings (SSSR count). The van der Waals surface area contributed by atoms with Crippen LogP contribution in [0, 0.1) is 0 Å². The zero-order valence-electron chi connectivity index (χ0n) is 20.1. The lowest BCUT2D eigenvalue weighted by molar-refractivity contribution is -0.141. The van der Waals surface area contributed by atoms with E-state index in [1.54, 1.807) is 20.1 Å². The maximum absolute atomic E-state index is 13.2. The van der Waals surface area contributed by atoms with E-state index in [-0.39, 0.29) is 18.9 Å². The van der Waals surface area contributed by atoms with E-state index < -0.39 is 12.0 Å². The largest absolute Gasteiger partial charge is 0.460 e. The number of amidine groups is 1. The lowest BCUT2D eigenvalue weighted by atomic mass is 9.94. The summed E-state index contributed by atoms with van der Waals surface area (Å²) >= 11 is 7.77. The lowest BCUT2D eigenvalue weighted by Gasteiger charge is -2.36. The maximum Gasteiger partial charge on any atom is 0.338 e. The van der Waals surface area contributed by atoms with Gasteiger partial charge in [0.05, 0.1) is 30.3 Å². The summed E-state index contributed by atoms with van der Waals surface area (Å²) in [6, 6.07) is 6.89. The number of rotatable bonds is 10. The highest BCUT2D eigenvalue weighted by molar-refractivity contribution is 8.16. The minimum absolute atomic E-state index is 0.0577. The van der Waals surface area contributed by atoms with Crippen LogP contribution in [0.3, 0.4) is 0 Å². The van der Waals surface area contributed by atoms with Gasteiger partial charge in [-0.1, -0.05) is 35.5 Å². The molecule has 0 bridgehead atoms. The topological polar surface area (TPSA) is 83.5 Å². The minimum Gasteiger partial charge on any atom is -0.460 e. The zero-order chi connectivity index (χ0) is 24.8. The molecule has 3 aliphatic rings. The van der Waals surface area contributed by atoms with Crippen LogP contribution in [0.2, 0.25) is 5.02 Å². The van der Waals surface area contributed by atoms with E-state index in [1.165, 1.54) is 24.6 Å². The van der Waals surface area contributed by atoms with Crippen LogP contribution in [0.25, 0.3) is 0 Å². The smallest absolute Gasteiger partial charge is 0.338 e. The number of nitrogens with one attached hydrogen (secondary N) is 1. The Morgan fingerprint density at radius 3 is 2.80 bits per heavy atom. The van der Waals surface area contributed by atoms with Gasteiger partial charge in [-0.05, 0) is 56.0 Å². The van der Waals surface area contributed by atoms with Gasteiger partial charge < -0.3 is 24.6 Å². The van der Waals surface area contributed by atoms with E-state index in [1.807, 2.05) is 28.5 Å². The SMILES string of the molecule is COCCOC(=O)C1=C(C)N=C2SC=C(CC(=O)NCCN3CCCC3)N2C1c1cccc(Cl)c1. The molecule has 1 atom stereocenters. The Balaban J connectivity index is 1.54. The number of esters is 1. The molecule has 0 aliphatic carbocycles. The van der Waals surface area contributed by atoms with Gasteiger partial charge in [-0.2, -0.15) is 0 Å². The van der Waals surface area contributed by atoms with E-state index in [2.05, 4.69) is 15.2 Å².